The second-order valence-corrected chi connectivity index (χ2v) is 22.5. The van der Waals surface area contributed by atoms with Crippen molar-refractivity contribution in [2.45, 2.75) is 345 Å². The van der Waals surface area contributed by atoms with Gasteiger partial charge in [-0.3, -0.25) is 4.79 Å². The van der Waals surface area contributed by atoms with Gasteiger partial charge < -0.3 is 50.5 Å². The van der Waals surface area contributed by atoms with Crippen LogP contribution in [-0.4, -0.2) is 110 Å². The molecule has 8 N–H and O–H groups in total. The lowest BCUT2D eigenvalue weighted by atomic mass is 9.98. The van der Waals surface area contributed by atoms with Crippen LogP contribution in [0.3, 0.4) is 0 Å². The van der Waals surface area contributed by atoms with Gasteiger partial charge in [0.2, 0.25) is 5.91 Å². The van der Waals surface area contributed by atoms with E-state index in [-0.39, 0.29) is 12.8 Å². The summed E-state index contributed by atoms with van der Waals surface area (Å²) < 4.78 is 11.2. The van der Waals surface area contributed by atoms with Gasteiger partial charge in [-0.05, 0) is 83.5 Å². The van der Waals surface area contributed by atoms with E-state index in [0.717, 1.165) is 44.9 Å². The summed E-state index contributed by atoms with van der Waals surface area (Å²) >= 11 is 0. The van der Waals surface area contributed by atoms with Gasteiger partial charge in [-0.25, -0.2) is 0 Å². The molecule has 1 fully saturated rings. The van der Waals surface area contributed by atoms with E-state index in [4.69, 9.17) is 9.47 Å². The molecule has 0 radical (unpaired) electrons. The lowest BCUT2D eigenvalue weighted by Crippen LogP contribution is -2.60. The minimum atomic E-state index is -1.67. The first-order valence-electron chi connectivity index (χ1n) is 32.0. The maximum absolute atomic E-state index is 13.2. The molecule has 1 heterocycles. The number of unbranched alkanes of at least 4 members (excludes halogenated alkanes) is 35. The Morgan fingerprint density at radius 1 is 0.461 bits per heavy atom. The van der Waals surface area contributed by atoms with E-state index in [1.807, 2.05) is 0 Å². The highest BCUT2D eigenvalue weighted by Gasteiger charge is 2.44. The van der Waals surface area contributed by atoms with Crippen molar-refractivity contribution >= 4 is 5.91 Å². The Balaban J connectivity index is 2.28. The minimum absolute atomic E-state index is 0.246. The van der Waals surface area contributed by atoms with Crippen LogP contribution in [0, 0.1) is 0 Å². The molecule has 0 aromatic heterocycles. The lowest BCUT2D eigenvalue weighted by Gasteiger charge is -2.40. The first kappa shape index (κ1) is 72.1. The van der Waals surface area contributed by atoms with Crippen molar-refractivity contribution in [3.63, 3.8) is 0 Å². The number of nitrogens with one attached hydrogen (secondary N) is 1. The third-order valence-corrected chi connectivity index (χ3v) is 15.3. The molecule has 0 aromatic rings. The number of hydrogen-bond donors (Lipinski definition) is 8. The van der Waals surface area contributed by atoms with Crippen molar-refractivity contribution in [3.05, 3.63) is 48.6 Å². The summed E-state index contributed by atoms with van der Waals surface area (Å²) in [6.45, 7) is 3.46. The first-order valence-corrected chi connectivity index (χ1v) is 32.0. The molecular weight excluding hydrogens is 955 g/mol. The number of allylic oxidation sites excluding steroid dienone is 8. The van der Waals surface area contributed by atoms with Gasteiger partial charge in [0.05, 0.1) is 25.4 Å². The van der Waals surface area contributed by atoms with E-state index >= 15 is 0 Å². The summed E-state index contributed by atoms with van der Waals surface area (Å²) in [4.78, 5) is 13.2. The Kier molecular flexibility index (Phi) is 50.9. The maximum Gasteiger partial charge on any atom is 0.249 e. The van der Waals surface area contributed by atoms with Crippen molar-refractivity contribution in [1.82, 2.24) is 5.32 Å². The zero-order chi connectivity index (χ0) is 55.4. The molecule has 446 valence electrons. The van der Waals surface area contributed by atoms with E-state index in [1.54, 1.807) is 0 Å². The fraction of sp³-hybridized carbons (Fsp3) is 0.862. The van der Waals surface area contributed by atoms with E-state index in [0.29, 0.717) is 19.3 Å². The van der Waals surface area contributed by atoms with E-state index in [1.165, 1.54) is 199 Å². The molecule has 0 bridgehead atoms. The fourth-order valence-electron chi connectivity index (χ4n) is 10.1. The average molecular weight is 1080 g/mol. The summed E-state index contributed by atoms with van der Waals surface area (Å²) in [5.74, 6) is -0.710. The van der Waals surface area contributed by atoms with Crippen molar-refractivity contribution in [3.8, 4) is 0 Å². The normalized spacial score (nSPS) is 19.9. The largest absolute Gasteiger partial charge is 0.394 e. The SMILES string of the molecule is CCCCCCCCCCC/C=C\C/C=C\CCCCCCCCCCCCCCC(O)C(=O)NC(COC1OC(CO)C(O)C(O)C1O)C(O)C(O)CCC/C=C/CC/C=C/CCCCCCCCCCCCCC. The van der Waals surface area contributed by atoms with Gasteiger partial charge in [-0.2, -0.15) is 0 Å². The number of aliphatic hydroxyl groups is 7. The van der Waals surface area contributed by atoms with Gasteiger partial charge in [0.1, 0.15) is 36.6 Å². The smallest absolute Gasteiger partial charge is 0.249 e. The van der Waals surface area contributed by atoms with E-state index in [2.05, 4.69) is 67.8 Å². The predicted molar refractivity (Wildman–Crippen MR) is 316 cm³/mol. The molecule has 1 aliphatic heterocycles. The second kappa shape index (κ2) is 53.7. The molecule has 9 unspecified atom stereocenters. The van der Waals surface area contributed by atoms with Crippen molar-refractivity contribution in [2.75, 3.05) is 13.2 Å². The molecular formula is C65H121NO10. The zero-order valence-electron chi connectivity index (χ0n) is 49.0. The highest BCUT2D eigenvalue weighted by atomic mass is 16.7. The maximum atomic E-state index is 13.2. The topological polar surface area (TPSA) is 189 Å². The number of amides is 1. The standard InChI is InChI=1S/C65H121NO10/c1-3-5-7-9-11-13-15-17-19-21-23-25-26-27-28-29-30-31-33-35-37-39-41-43-45-47-49-51-53-58(69)64(74)66-56(55-75-65-63(73)62(72)61(71)59(54-67)76-65)60(70)57(68)52-50-48-46-44-42-40-38-36-34-32-24-22-20-18-16-14-12-10-8-6-4-2/h23,25,27-28,36,38,44,46,56-63,65,67-73H,3-22,24,26,29-35,37,39-43,45,47-55H2,1-2H3,(H,66,74)/b25-23-,28-27-,38-36+,46-44+. The molecule has 11 heteroatoms. The Morgan fingerprint density at radius 2 is 0.829 bits per heavy atom. The minimum Gasteiger partial charge on any atom is -0.394 e. The quantitative estimate of drug-likeness (QED) is 0.0215. The summed E-state index contributed by atoms with van der Waals surface area (Å²) in [6, 6.07) is -1.19. The molecule has 0 aromatic carbocycles. The van der Waals surface area contributed by atoms with Crippen molar-refractivity contribution in [1.29, 1.82) is 0 Å². The molecule has 11 nitrogen and oxygen atoms in total. The van der Waals surface area contributed by atoms with Gasteiger partial charge in [0, 0.05) is 0 Å². The van der Waals surface area contributed by atoms with Gasteiger partial charge in [0.25, 0.3) is 0 Å². The van der Waals surface area contributed by atoms with Gasteiger partial charge in [-0.15, -0.1) is 0 Å². The van der Waals surface area contributed by atoms with Crippen LogP contribution in [0.25, 0.3) is 0 Å². The molecule has 0 spiro atoms. The Hall–Kier alpha value is -1.93. The zero-order valence-corrected chi connectivity index (χ0v) is 49.0. The summed E-state index contributed by atoms with van der Waals surface area (Å²) in [5, 5.41) is 76.3. The van der Waals surface area contributed by atoms with E-state index in [9.17, 15) is 40.5 Å². The molecule has 76 heavy (non-hydrogen) atoms. The number of aliphatic hydroxyl groups excluding tert-OH is 7. The van der Waals surface area contributed by atoms with Crippen LogP contribution < -0.4 is 5.32 Å². The fourth-order valence-corrected chi connectivity index (χ4v) is 10.1. The second-order valence-electron chi connectivity index (χ2n) is 22.5. The van der Waals surface area contributed by atoms with Crippen LogP contribution in [0.2, 0.25) is 0 Å². The molecule has 1 amide bonds. The van der Waals surface area contributed by atoms with Crippen molar-refractivity contribution in [2.24, 2.45) is 0 Å². The highest BCUT2D eigenvalue weighted by molar-refractivity contribution is 5.80. The highest BCUT2D eigenvalue weighted by Crippen LogP contribution is 2.23. The number of ether oxygens (including phenoxy) is 2. The van der Waals surface area contributed by atoms with Crippen LogP contribution >= 0.6 is 0 Å². The van der Waals surface area contributed by atoms with Crippen LogP contribution in [0.5, 0.6) is 0 Å². The van der Waals surface area contributed by atoms with E-state index < -0.39 is 74.2 Å². The monoisotopic (exact) mass is 1080 g/mol. The Labute approximate surface area is 466 Å². The lowest BCUT2D eigenvalue weighted by molar-refractivity contribution is -0.303. The number of carbonyl (C=O) groups excluding carboxylic acids is 1. The summed E-state index contributed by atoms with van der Waals surface area (Å²) in [6.07, 6.45) is 57.5. The molecule has 0 aliphatic carbocycles. The van der Waals surface area contributed by atoms with Crippen LogP contribution in [-0.2, 0) is 14.3 Å². The predicted octanol–water partition coefficient (Wildman–Crippen LogP) is 14.4. The molecule has 1 rings (SSSR count). The van der Waals surface area contributed by atoms with Gasteiger partial charge >= 0.3 is 0 Å². The third kappa shape index (κ3) is 41.1. The van der Waals surface area contributed by atoms with Crippen molar-refractivity contribution < 1.29 is 50.0 Å². The first-order chi connectivity index (χ1) is 37.2. The average Bonchev–Trinajstić information content (AvgIpc) is 3.42. The number of hydrogen-bond acceptors (Lipinski definition) is 10. The number of carbonyl (C=O) groups is 1. The molecule has 1 aliphatic rings. The molecule has 0 saturated carbocycles. The molecule has 9 atom stereocenters. The van der Waals surface area contributed by atoms with Crippen LogP contribution in [0.1, 0.15) is 290 Å². The van der Waals surface area contributed by atoms with Crippen LogP contribution in [0.4, 0.5) is 0 Å². The summed E-state index contributed by atoms with van der Waals surface area (Å²) in [7, 11) is 0. The van der Waals surface area contributed by atoms with Gasteiger partial charge in [-0.1, -0.05) is 255 Å². The third-order valence-electron chi connectivity index (χ3n) is 15.3. The summed E-state index contributed by atoms with van der Waals surface area (Å²) in [5.41, 5.74) is 0. The molecule has 1 saturated heterocycles. The van der Waals surface area contributed by atoms with Crippen LogP contribution in [0.15, 0.2) is 48.6 Å². The Bertz CT molecular complexity index is 1370. The van der Waals surface area contributed by atoms with Gasteiger partial charge in [0.15, 0.2) is 6.29 Å². The Morgan fingerprint density at radius 3 is 1.25 bits per heavy atom. The number of rotatable bonds is 55.